The van der Waals surface area contributed by atoms with Crippen molar-refractivity contribution in [3.8, 4) is 12.3 Å². The van der Waals surface area contributed by atoms with Crippen LogP contribution in [0.25, 0.3) is 0 Å². The first kappa shape index (κ1) is 8.82. The van der Waals surface area contributed by atoms with Crippen molar-refractivity contribution >= 4 is 0 Å². The zero-order valence-electron chi connectivity index (χ0n) is 7.23. The number of aliphatic hydroxyl groups is 1. The average molecular weight is 164 g/mol. The van der Waals surface area contributed by atoms with Gasteiger partial charge in [0.15, 0.2) is 0 Å². The van der Waals surface area contributed by atoms with Crippen molar-refractivity contribution in [3.05, 3.63) is 18.0 Å². The van der Waals surface area contributed by atoms with Crippen LogP contribution in [0.15, 0.2) is 12.4 Å². The fourth-order valence-electron chi connectivity index (χ4n) is 0.940. The van der Waals surface area contributed by atoms with Crippen LogP contribution in [0.4, 0.5) is 0 Å². The van der Waals surface area contributed by atoms with E-state index in [0.29, 0.717) is 0 Å². The van der Waals surface area contributed by atoms with Gasteiger partial charge in [0, 0.05) is 6.20 Å². The Morgan fingerprint density at radius 1 is 1.75 bits per heavy atom. The van der Waals surface area contributed by atoms with E-state index in [1.807, 2.05) is 20.0 Å². The molecule has 0 saturated carbocycles. The normalized spacial score (nSPS) is 15.2. The van der Waals surface area contributed by atoms with Gasteiger partial charge in [-0.1, -0.05) is 5.92 Å². The second kappa shape index (κ2) is 3.42. The molecule has 1 rings (SSSR count). The van der Waals surface area contributed by atoms with Crippen LogP contribution in [0, 0.1) is 19.3 Å². The minimum absolute atomic E-state index is 0.163. The van der Waals surface area contributed by atoms with Gasteiger partial charge in [0.1, 0.15) is 6.10 Å². The van der Waals surface area contributed by atoms with E-state index in [1.165, 1.54) is 0 Å². The molecule has 0 aliphatic heterocycles. The lowest BCUT2D eigenvalue weighted by Crippen LogP contribution is -2.20. The Morgan fingerprint density at radius 2 is 2.42 bits per heavy atom. The summed E-state index contributed by atoms with van der Waals surface area (Å²) in [6.45, 7) is 3.77. The van der Waals surface area contributed by atoms with Crippen molar-refractivity contribution in [1.82, 2.24) is 9.78 Å². The van der Waals surface area contributed by atoms with Gasteiger partial charge in [-0.05, 0) is 19.4 Å². The van der Waals surface area contributed by atoms with Crippen molar-refractivity contribution in [2.45, 2.75) is 26.0 Å². The molecule has 0 spiro atoms. The predicted molar refractivity (Wildman–Crippen MR) is 46.5 cm³/mol. The maximum atomic E-state index is 9.29. The molecule has 0 fully saturated rings. The minimum Gasteiger partial charge on any atom is -0.378 e. The highest BCUT2D eigenvalue weighted by Gasteiger charge is 2.13. The highest BCUT2D eigenvalue weighted by molar-refractivity contribution is 5.03. The quantitative estimate of drug-likeness (QED) is 0.655. The number of aryl methyl sites for hydroxylation is 1. The lowest BCUT2D eigenvalue weighted by Gasteiger charge is -2.13. The maximum absolute atomic E-state index is 9.29. The number of hydrogen-bond donors (Lipinski definition) is 1. The molecule has 1 aromatic rings. The highest BCUT2D eigenvalue weighted by Crippen LogP contribution is 2.09. The second-order valence-corrected chi connectivity index (χ2v) is 2.85. The van der Waals surface area contributed by atoms with E-state index in [1.54, 1.807) is 10.9 Å². The topological polar surface area (TPSA) is 38.0 Å². The molecule has 64 valence electrons. The fraction of sp³-hybridized carbons (Fsp3) is 0.444. The summed E-state index contributed by atoms with van der Waals surface area (Å²) in [6, 6.07) is -0.163. The molecule has 0 amide bonds. The molecule has 3 heteroatoms. The molecule has 0 radical (unpaired) electrons. The Morgan fingerprint density at radius 3 is 2.83 bits per heavy atom. The molecule has 3 nitrogen and oxygen atoms in total. The third kappa shape index (κ3) is 1.66. The summed E-state index contributed by atoms with van der Waals surface area (Å²) in [7, 11) is 0. The molecule has 0 unspecified atom stereocenters. The van der Waals surface area contributed by atoms with Crippen molar-refractivity contribution in [3.63, 3.8) is 0 Å². The molecule has 0 saturated heterocycles. The van der Waals surface area contributed by atoms with Gasteiger partial charge in [-0.3, -0.25) is 4.68 Å². The summed E-state index contributed by atoms with van der Waals surface area (Å²) in [5.74, 6) is 2.27. The Bertz CT molecular complexity index is 298. The third-order valence-corrected chi connectivity index (χ3v) is 1.78. The predicted octanol–water partition coefficient (Wildman–Crippen LogP) is 0.747. The Labute approximate surface area is 72.0 Å². The first-order chi connectivity index (χ1) is 5.65. The van der Waals surface area contributed by atoms with Gasteiger partial charge in [0.05, 0.1) is 12.2 Å². The van der Waals surface area contributed by atoms with Crippen LogP contribution >= 0.6 is 0 Å². The second-order valence-electron chi connectivity index (χ2n) is 2.85. The van der Waals surface area contributed by atoms with Gasteiger partial charge in [-0.2, -0.15) is 5.10 Å². The van der Waals surface area contributed by atoms with Gasteiger partial charge >= 0.3 is 0 Å². The van der Waals surface area contributed by atoms with Gasteiger partial charge in [0.25, 0.3) is 0 Å². The number of aromatic nitrogens is 2. The summed E-state index contributed by atoms with van der Waals surface area (Å²) in [6.07, 6.45) is 7.89. The first-order valence-electron chi connectivity index (χ1n) is 3.80. The van der Waals surface area contributed by atoms with E-state index < -0.39 is 6.10 Å². The van der Waals surface area contributed by atoms with E-state index in [4.69, 9.17) is 6.42 Å². The average Bonchev–Trinajstić information content (AvgIpc) is 2.49. The summed E-state index contributed by atoms with van der Waals surface area (Å²) in [4.78, 5) is 0. The molecule has 1 aromatic heterocycles. The number of aliphatic hydroxyl groups excluding tert-OH is 1. The van der Waals surface area contributed by atoms with Gasteiger partial charge in [-0.25, -0.2) is 0 Å². The van der Waals surface area contributed by atoms with Crippen LogP contribution in [-0.4, -0.2) is 21.0 Å². The zero-order chi connectivity index (χ0) is 9.14. The summed E-state index contributed by atoms with van der Waals surface area (Å²) in [5, 5.41) is 13.3. The van der Waals surface area contributed by atoms with Crippen LogP contribution in [-0.2, 0) is 0 Å². The Balaban J connectivity index is 2.79. The SMILES string of the molecule is C#C[C@H](O)[C@H](C)n1cc(C)cn1. The van der Waals surface area contributed by atoms with Gasteiger partial charge < -0.3 is 5.11 Å². The Hall–Kier alpha value is -1.27. The summed E-state index contributed by atoms with van der Waals surface area (Å²) < 4.78 is 1.67. The van der Waals surface area contributed by atoms with Crippen molar-refractivity contribution in [2.24, 2.45) is 0 Å². The van der Waals surface area contributed by atoms with E-state index in [0.717, 1.165) is 5.56 Å². The summed E-state index contributed by atoms with van der Waals surface area (Å²) >= 11 is 0. The Kier molecular flexibility index (Phi) is 2.51. The largest absolute Gasteiger partial charge is 0.378 e. The molecular formula is C9H12N2O. The number of terminal acetylenes is 1. The van der Waals surface area contributed by atoms with Crippen LogP contribution in [0.3, 0.4) is 0 Å². The number of nitrogens with zero attached hydrogens (tertiary/aromatic N) is 2. The molecule has 2 atom stereocenters. The lowest BCUT2D eigenvalue weighted by atomic mass is 10.2. The van der Waals surface area contributed by atoms with E-state index >= 15 is 0 Å². The zero-order valence-corrected chi connectivity index (χ0v) is 7.23. The highest BCUT2D eigenvalue weighted by atomic mass is 16.3. The third-order valence-electron chi connectivity index (χ3n) is 1.78. The lowest BCUT2D eigenvalue weighted by molar-refractivity contribution is 0.167. The molecule has 1 N–H and O–H groups in total. The van der Waals surface area contributed by atoms with Gasteiger partial charge in [-0.15, -0.1) is 6.42 Å². The maximum Gasteiger partial charge on any atom is 0.136 e. The van der Waals surface area contributed by atoms with Crippen molar-refractivity contribution in [2.75, 3.05) is 0 Å². The molecular weight excluding hydrogens is 152 g/mol. The fourth-order valence-corrected chi connectivity index (χ4v) is 0.940. The molecule has 0 bridgehead atoms. The van der Waals surface area contributed by atoms with Gasteiger partial charge in [0.2, 0.25) is 0 Å². The van der Waals surface area contributed by atoms with Crippen molar-refractivity contribution in [1.29, 1.82) is 0 Å². The molecule has 0 aromatic carbocycles. The van der Waals surface area contributed by atoms with Crippen LogP contribution in [0.5, 0.6) is 0 Å². The summed E-state index contributed by atoms with van der Waals surface area (Å²) in [5.41, 5.74) is 1.06. The van der Waals surface area contributed by atoms with E-state index in [-0.39, 0.29) is 6.04 Å². The van der Waals surface area contributed by atoms with E-state index in [2.05, 4.69) is 11.0 Å². The van der Waals surface area contributed by atoms with Crippen LogP contribution in [0.2, 0.25) is 0 Å². The minimum atomic E-state index is -0.774. The molecule has 1 heterocycles. The van der Waals surface area contributed by atoms with Crippen LogP contribution in [0.1, 0.15) is 18.5 Å². The van der Waals surface area contributed by atoms with Crippen molar-refractivity contribution < 1.29 is 5.11 Å². The molecule has 0 aliphatic rings. The molecule has 0 aliphatic carbocycles. The number of rotatable bonds is 2. The van der Waals surface area contributed by atoms with E-state index in [9.17, 15) is 5.11 Å². The smallest absolute Gasteiger partial charge is 0.136 e. The van der Waals surface area contributed by atoms with Crippen LogP contribution < -0.4 is 0 Å². The number of hydrogen-bond acceptors (Lipinski definition) is 2. The monoisotopic (exact) mass is 164 g/mol. The first-order valence-corrected chi connectivity index (χ1v) is 3.80. The molecule has 12 heavy (non-hydrogen) atoms. The standard InChI is InChI=1S/C9H12N2O/c1-4-9(12)8(3)11-6-7(2)5-10-11/h1,5-6,8-9,12H,2-3H3/t8-,9-/m0/s1.